The molecule has 6 heteroatoms. The van der Waals surface area contributed by atoms with Crippen LogP contribution < -0.4 is 4.72 Å². The number of aliphatic hydroxyl groups is 1. The molecule has 104 valence electrons. The fourth-order valence-electron chi connectivity index (χ4n) is 1.17. The number of sulfonamides is 1. The lowest BCUT2D eigenvalue weighted by atomic mass is 9.94. The summed E-state index contributed by atoms with van der Waals surface area (Å²) in [4.78, 5) is 0. The van der Waals surface area contributed by atoms with Crippen LogP contribution in [-0.2, 0) is 14.8 Å². The molecular weight excluding hydrogens is 242 g/mol. The molecule has 0 saturated heterocycles. The van der Waals surface area contributed by atoms with Gasteiger partial charge in [-0.1, -0.05) is 20.8 Å². The SMILES string of the molecule is COCC(O)CCNS(=O)(=O)CCC(C)(C)C. The summed E-state index contributed by atoms with van der Waals surface area (Å²) in [6, 6.07) is 0. The van der Waals surface area contributed by atoms with Gasteiger partial charge in [0.15, 0.2) is 0 Å². The summed E-state index contributed by atoms with van der Waals surface area (Å²) < 4.78 is 30.4. The fourth-order valence-corrected chi connectivity index (χ4v) is 2.62. The van der Waals surface area contributed by atoms with Crippen molar-refractivity contribution >= 4 is 10.0 Å². The van der Waals surface area contributed by atoms with Gasteiger partial charge in [-0.05, 0) is 18.3 Å². The van der Waals surface area contributed by atoms with E-state index in [0.717, 1.165) is 0 Å². The molecule has 17 heavy (non-hydrogen) atoms. The third-order valence-electron chi connectivity index (χ3n) is 2.28. The molecule has 0 aromatic carbocycles. The monoisotopic (exact) mass is 267 g/mol. The van der Waals surface area contributed by atoms with Crippen molar-refractivity contribution in [1.29, 1.82) is 0 Å². The van der Waals surface area contributed by atoms with Gasteiger partial charge in [0.05, 0.1) is 18.5 Å². The van der Waals surface area contributed by atoms with Gasteiger partial charge >= 0.3 is 0 Å². The molecule has 0 saturated carbocycles. The second-order valence-corrected chi connectivity index (χ2v) is 7.35. The largest absolute Gasteiger partial charge is 0.391 e. The van der Waals surface area contributed by atoms with Crippen molar-refractivity contribution in [2.75, 3.05) is 26.0 Å². The lowest BCUT2D eigenvalue weighted by molar-refractivity contribution is 0.0603. The number of methoxy groups -OCH3 is 1. The summed E-state index contributed by atoms with van der Waals surface area (Å²) in [5.74, 6) is 0.122. The van der Waals surface area contributed by atoms with E-state index in [1.807, 2.05) is 20.8 Å². The number of ether oxygens (including phenoxy) is 1. The Bertz CT molecular complexity index is 295. The van der Waals surface area contributed by atoms with Gasteiger partial charge in [0.1, 0.15) is 0 Å². The molecule has 0 aliphatic carbocycles. The number of hydrogen-bond acceptors (Lipinski definition) is 4. The maximum Gasteiger partial charge on any atom is 0.211 e. The summed E-state index contributed by atoms with van der Waals surface area (Å²) in [6.07, 6.45) is 0.358. The molecule has 0 aromatic heterocycles. The molecule has 0 amide bonds. The molecule has 0 radical (unpaired) electrons. The minimum absolute atomic E-state index is 0.00428. The Morgan fingerprint density at radius 3 is 2.41 bits per heavy atom. The predicted octanol–water partition coefficient (Wildman–Crippen LogP) is 0.739. The second-order valence-electron chi connectivity index (χ2n) is 5.42. The highest BCUT2D eigenvalue weighted by molar-refractivity contribution is 7.89. The van der Waals surface area contributed by atoms with Gasteiger partial charge in [0.25, 0.3) is 0 Å². The number of hydrogen-bond donors (Lipinski definition) is 2. The lowest BCUT2D eigenvalue weighted by Gasteiger charge is -2.18. The van der Waals surface area contributed by atoms with Crippen LogP contribution in [0.3, 0.4) is 0 Å². The van der Waals surface area contributed by atoms with E-state index in [2.05, 4.69) is 4.72 Å². The van der Waals surface area contributed by atoms with Crippen LogP contribution in [0, 0.1) is 5.41 Å². The zero-order chi connectivity index (χ0) is 13.5. The topological polar surface area (TPSA) is 75.6 Å². The lowest BCUT2D eigenvalue weighted by Crippen LogP contribution is -2.31. The van der Waals surface area contributed by atoms with E-state index in [1.54, 1.807) is 0 Å². The fraction of sp³-hybridized carbons (Fsp3) is 1.00. The summed E-state index contributed by atoms with van der Waals surface area (Å²) in [5.41, 5.74) is 0.00428. The van der Waals surface area contributed by atoms with Gasteiger partial charge in [0.2, 0.25) is 10.0 Å². The standard InChI is InChI=1S/C11H25NO4S/c1-11(2,3)6-8-17(14,15)12-7-5-10(13)9-16-4/h10,12-13H,5-9H2,1-4H3. The molecule has 0 heterocycles. The first-order valence-corrected chi connectivity index (χ1v) is 7.46. The molecule has 0 rings (SSSR count). The molecule has 1 unspecified atom stereocenters. The van der Waals surface area contributed by atoms with E-state index in [0.29, 0.717) is 12.8 Å². The maximum absolute atomic E-state index is 11.6. The molecule has 0 aliphatic heterocycles. The van der Waals surface area contributed by atoms with E-state index < -0.39 is 16.1 Å². The molecule has 0 aromatic rings. The Morgan fingerprint density at radius 2 is 1.94 bits per heavy atom. The maximum atomic E-state index is 11.6. The Hall–Kier alpha value is -0.170. The zero-order valence-electron chi connectivity index (χ0n) is 11.2. The summed E-state index contributed by atoms with van der Waals surface area (Å²) >= 11 is 0. The number of aliphatic hydroxyl groups excluding tert-OH is 1. The second kappa shape index (κ2) is 7.31. The summed E-state index contributed by atoms with van der Waals surface area (Å²) in [5, 5.41) is 9.35. The van der Waals surface area contributed by atoms with Crippen molar-refractivity contribution in [2.45, 2.75) is 39.7 Å². The van der Waals surface area contributed by atoms with Crippen LogP contribution >= 0.6 is 0 Å². The first kappa shape index (κ1) is 16.8. The molecular formula is C11H25NO4S. The Balaban J connectivity index is 3.87. The van der Waals surface area contributed by atoms with E-state index >= 15 is 0 Å². The molecule has 0 fully saturated rings. The van der Waals surface area contributed by atoms with Crippen molar-refractivity contribution in [3.05, 3.63) is 0 Å². The van der Waals surface area contributed by atoms with Crippen molar-refractivity contribution in [3.8, 4) is 0 Å². The Kier molecular flexibility index (Phi) is 7.23. The smallest absolute Gasteiger partial charge is 0.211 e. The summed E-state index contributed by atoms with van der Waals surface area (Å²) in [6.45, 7) is 6.49. The van der Waals surface area contributed by atoms with Gasteiger partial charge < -0.3 is 9.84 Å². The van der Waals surface area contributed by atoms with E-state index in [9.17, 15) is 13.5 Å². The average molecular weight is 267 g/mol. The highest BCUT2D eigenvalue weighted by Gasteiger charge is 2.17. The van der Waals surface area contributed by atoms with Crippen LogP contribution in [0.15, 0.2) is 0 Å². The van der Waals surface area contributed by atoms with Gasteiger partial charge in [-0.25, -0.2) is 13.1 Å². The van der Waals surface area contributed by atoms with E-state index in [4.69, 9.17) is 4.74 Å². The third kappa shape index (κ3) is 10.7. The minimum Gasteiger partial charge on any atom is -0.391 e. The number of nitrogens with one attached hydrogen (secondary N) is 1. The molecule has 1 atom stereocenters. The van der Waals surface area contributed by atoms with Crippen LogP contribution in [-0.4, -0.2) is 45.6 Å². The zero-order valence-corrected chi connectivity index (χ0v) is 12.0. The van der Waals surface area contributed by atoms with Crippen LogP contribution in [0.1, 0.15) is 33.6 Å². The summed E-state index contributed by atoms with van der Waals surface area (Å²) in [7, 11) is -1.73. The molecule has 0 bridgehead atoms. The third-order valence-corrected chi connectivity index (χ3v) is 3.66. The average Bonchev–Trinajstić information content (AvgIpc) is 2.14. The molecule has 2 N–H and O–H groups in total. The van der Waals surface area contributed by atoms with Crippen LogP contribution in [0.25, 0.3) is 0 Å². The van der Waals surface area contributed by atoms with Crippen molar-refractivity contribution in [1.82, 2.24) is 4.72 Å². The molecule has 0 spiro atoms. The van der Waals surface area contributed by atoms with Gasteiger partial charge in [0, 0.05) is 13.7 Å². The van der Waals surface area contributed by atoms with Gasteiger partial charge in [-0.3, -0.25) is 0 Å². The van der Waals surface area contributed by atoms with Gasteiger partial charge in [-0.2, -0.15) is 0 Å². The van der Waals surface area contributed by atoms with Crippen molar-refractivity contribution in [3.63, 3.8) is 0 Å². The van der Waals surface area contributed by atoms with Crippen LogP contribution in [0.4, 0.5) is 0 Å². The quantitative estimate of drug-likeness (QED) is 0.680. The molecule has 0 aliphatic rings. The first-order valence-electron chi connectivity index (χ1n) is 5.80. The Labute approximate surface area is 105 Å². The van der Waals surface area contributed by atoms with Crippen molar-refractivity contribution < 1.29 is 18.3 Å². The van der Waals surface area contributed by atoms with Crippen LogP contribution in [0.5, 0.6) is 0 Å². The van der Waals surface area contributed by atoms with E-state index in [-0.39, 0.29) is 24.3 Å². The predicted molar refractivity (Wildman–Crippen MR) is 68.4 cm³/mol. The van der Waals surface area contributed by atoms with Gasteiger partial charge in [-0.15, -0.1) is 0 Å². The molecule has 5 nitrogen and oxygen atoms in total. The van der Waals surface area contributed by atoms with E-state index in [1.165, 1.54) is 7.11 Å². The highest BCUT2D eigenvalue weighted by Crippen LogP contribution is 2.18. The first-order chi connectivity index (χ1) is 7.66. The Morgan fingerprint density at radius 1 is 1.35 bits per heavy atom. The minimum atomic E-state index is -3.23. The number of rotatable bonds is 8. The normalized spacial score (nSPS) is 14.9. The highest BCUT2D eigenvalue weighted by atomic mass is 32.2. The van der Waals surface area contributed by atoms with Crippen molar-refractivity contribution in [2.24, 2.45) is 5.41 Å². The van der Waals surface area contributed by atoms with Crippen LogP contribution in [0.2, 0.25) is 0 Å².